The predicted octanol–water partition coefficient (Wildman–Crippen LogP) is 1.17. The first-order chi connectivity index (χ1) is 8.95. The highest BCUT2D eigenvalue weighted by molar-refractivity contribution is 5.97. The number of oxime groups is 1. The van der Waals surface area contributed by atoms with Crippen molar-refractivity contribution in [3.05, 3.63) is 35.1 Å². The van der Waals surface area contributed by atoms with E-state index in [1.807, 2.05) is 6.92 Å². The van der Waals surface area contributed by atoms with Gasteiger partial charge in [0.25, 0.3) is 0 Å². The van der Waals surface area contributed by atoms with Crippen LogP contribution in [-0.2, 0) is 6.54 Å². The Balaban J connectivity index is 2.74. The molecule has 2 atom stereocenters. The van der Waals surface area contributed by atoms with E-state index < -0.39 is 11.9 Å². The molecule has 0 aliphatic carbocycles. The Bertz CT molecular complexity index is 450. The van der Waals surface area contributed by atoms with Crippen LogP contribution in [0.5, 0.6) is 0 Å². The number of hydrogen-bond donors (Lipinski definition) is 4. The van der Waals surface area contributed by atoms with Crippen molar-refractivity contribution in [1.29, 1.82) is 0 Å². The average Bonchev–Trinajstić information content (AvgIpc) is 2.36. The second-order valence-electron chi connectivity index (χ2n) is 4.63. The molecule has 106 valence electrons. The van der Waals surface area contributed by atoms with E-state index in [0.29, 0.717) is 18.5 Å². The molecule has 0 aliphatic rings. The van der Waals surface area contributed by atoms with Gasteiger partial charge in [-0.1, -0.05) is 17.3 Å². The lowest BCUT2D eigenvalue weighted by Crippen LogP contribution is -2.29. The van der Waals surface area contributed by atoms with E-state index in [-0.39, 0.29) is 17.4 Å². The van der Waals surface area contributed by atoms with Gasteiger partial charge in [-0.05, 0) is 26.3 Å². The molecule has 6 heteroatoms. The zero-order chi connectivity index (χ0) is 14.4. The quantitative estimate of drug-likeness (QED) is 0.270. The summed E-state index contributed by atoms with van der Waals surface area (Å²) in [5.74, 6) is -0.758. The molecule has 0 fully saturated rings. The number of aliphatic hydroxyl groups is 1. The first kappa shape index (κ1) is 15.4. The summed E-state index contributed by atoms with van der Waals surface area (Å²) in [6.07, 6.45) is 0.178. The monoisotopic (exact) mass is 269 g/mol. The number of rotatable bonds is 6. The van der Waals surface area contributed by atoms with E-state index in [0.717, 1.165) is 0 Å². The van der Waals surface area contributed by atoms with Gasteiger partial charge in [-0.2, -0.15) is 0 Å². The van der Waals surface area contributed by atoms with E-state index >= 15 is 0 Å². The number of benzene rings is 1. The number of nitrogens with two attached hydrogens (primary N) is 1. The van der Waals surface area contributed by atoms with Gasteiger partial charge in [0.1, 0.15) is 5.82 Å². The summed E-state index contributed by atoms with van der Waals surface area (Å²) in [6.45, 7) is 3.93. The van der Waals surface area contributed by atoms with Gasteiger partial charge in [-0.15, -0.1) is 0 Å². The molecule has 0 amide bonds. The Kier molecular flexibility index (Phi) is 5.72. The minimum atomic E-state index is -0.505. The minimum absolute atomic E-state index is 0.0620. The molecular weight excluding hydrogens is 249 g/mol. The molecular formula is C13H20FN3O2. The van der Waals surface area contributed by atoms with Crippen LogP contribution in [0.2, 0.25) is 0 Å². The lowest BCUT2D eigenvalue weighted by molar-refractivity contribution is 0.170. The summed E-state index contributed by atoms with van der Waals surface area (Å²) < 4.78 is 14.1. The highest BCUT2D eigenvalue weighted by Crippen LogP contribution is 2.13. The van der Waals surface area contributed by atoms with Crippen molar-refractivity contribution in [2.24, 2.45) is 10.9 Å². The minimum Gasteiger partial charge on any atom is -0.409 e. The molecule has 0 saturated carbocycles. The molecule has 1 rings (SSSR count). The van der Waals surface area contributed by atoms with E-state index in [1.165, 1.54) is 6.07 Å². The van der Waals surface area contributed by atoms with Crippen LogP contribution in [-0.4, -0.2) is 28.3 Å². The third kappa shape index (κ3) is 4.50. The normalized spacial score (nSPS) is 15.3. The van der Waals surface area contributed by atoms with Gasteiger partial charge in [-0.25, -0.2) is 4.39 Å². The van der Waals surface area contributed by atoms with E-state index in [9.17, 15) is 9.50 Å². The number of amidine groups is 1. The van der Waals surface area contributed by atoms with Gasteiger partial charge in [0, 0.05) is 18.2 Å². The van der Waals surface area contributed by atoms with Crippen LogP contribution in [0.15, 0.2) is 23.4 Å². The Morgan fingerprint density at radius 3 is 2.74 bits per heavy atom. The lowest BCUT2D eigenvalue weighted by atomic mass is 10.1. The maximum absolute atomic E-state index is 14.1. The highest BCUT2D eigenvalue weighted by atomic mass is 19.1. The Morgan fingerprint density at radius 1 is 1.47 bits per heavy atom. The molecule has 0 bridgehead atoms. The van der Waals surface area contributed by atoms with E-state index in [1.54, 1.807) is 19.1 Å². The fraction of sp³-hybridized carbons (Fsp3) is 0.462. The van der Waals surface area contributed by atoms with Crippen LogP contribution in [0.4, 0.5) is 4.39 Å². The highest BCUT2D eigenvalue weighted by Gasteiger charge is 2.12. The van der Waals surface area contributed by atoms with E-state index in [4.69, 9.17) is 10.9 Å². The number of hydrogen-bond acceptors (Lipinski definition) is 4. The summed E-state index contributed by atoms with van der Waals surface area (Å²) in [4.78, 5) is 0. The Hall–Kier alpha value is -1.66. The summed E-state index contributed by atoms with van der Waals surface area (Å²) in [5.41, 5.74) is 5.90. The van der Waals surface area contributed by atoms with Crippen LogP contribution in [0.3, 0.4) is 0 Å². The first-order valence-electron chi connectivity index (χ1n) is 6.12. The Morgan fingerprint density at radius 2 is 2.16 bits per heavy atom. The van der Waals surface area contributed by atoms with Gasteiger partial charge >= 0.3 is 0 Å². The molecule has 19 heavy (non-hydrogen) atoms. The molecule has 1 aromatic rings. The molecule has 0 saturated heterocycles. The van der Waals surface area contributed by atoms with Crippen molar-refractivity contribution in [3.8, 4) is 0 Å². The number of nitrogens with zero attached hydrogens (tertiary/aromatic N) is 1. The van der Waals surface area contributed by atoms with Crippen LogP contribution >= 0.6 is 0 Å². The van der Waals surface area contributed by atoms with Crippen LogP contribution in [0, 0.1) is 5.82 Å². The zero-order valence-electron chi connectivity index (χ0n) is 11.1. The van der Waals surface area contributed by atoms with Gasteiger partial charge in [0.15, 0.2) is 5.84 Å². The molecule has 5 N–H and O–H groups in total. The molecule has 0 radical (unpaired) electrons. The van der Waals surface area contributed by atoms with Gasteiger partial charge in [0.05, 0.1) is 11.7 Å². The second-order valence-corrected chi connectivity index (χ2v) is 4.63. The predicted molar refractivity (Wildman–Crippen MR) is 71.5 cm³/mol. The third-order valence-electron chi connectivity index (χ3n) is 2.80. The van der Waals surface area contributed by atoms with Crippen molar-refractivity contribution in [2.75, 3.05) is 0 Å². The average molecular weight is 269 g/mol. The molecule has 0 spiro atoms. The lowest BCUT2D eigenvalue weighted by Gasteiger charge is -2.16. The van der Waals surface area contributed by atoms with Gasteiger partial charge in [-0.3, -0.25) is 0 Å². The topological polar surface area (TPSA) is 90.9 Å². The molecule has 0 heterocycles. The summed E-state index contributed by atoms with van der Waals surface area (Å²) >= 11 is 0. The first-order valence-corrected chi connectivity index (χ1v) is 6.12. The third-order valence-corrected chi connectivity index (χ3v) is 2.80. The van der Waals surface area contributed by atoms with Crippen molar-refractivity contribution < 1.29 is 14.7 Å². The Labute approximate surface area is 111 Å². The van der Waals surface area contributed by atoms with Gasteiger partial charge < -0.3 is 21.4 Å². The maximum Gasteiger partial charge on any atom is 0.173 e. The van der Waals surface area contributed by atoms with E-state index in [2.05, 4.69) is 10.5 Å². The largest absolute Gasteiger partial charge is 0.409 e. The van der Waals surface area contributed by atoms with Crippen molar-refractivity contribution in [3.63, 3.8) is 0 Å². The molecule has 0 aromatic heterocycles. The summed E-state index contributed by atoms with van der Waals surface area (Å²) in [7, 11) is 0. The van der Waals surface area contributed by atoms with Crippen LogP contribution < -0.4 is 11.1 Å². The second kappa shape index (κ2) is 7.06. The number of nitrogens with one attached hydrogen (secondary N) is 1. The molecule has 5 nitrogen and oxygen atoms in total. The molecule has 2 unspecified atom stereocenters. The SMILES string of the molecule is CC(O)CC(C)NCc1cccc(/C(N)=N/O)c1F. The van der Waals surface area contributed by atoms with Crippen molar-refractivity contribution in [2.45, 2.75) is 39.0 Å². The van der Waals surface area contributed by atoms with Crippen molar-refractivity contribution >= 4 is 5.84 Å². The number of halogens is 1. The molecule has 1 aromatic carbocycles. The maximum atomic E-state index is 14.1. The fourth-order valence-electron chi connectivity index (χ4n) is 1.85. The smallest absolute Gasteiger partial charge is 0.173 e. The summed E-state index contributed by atoms with van der Waals surface area (Å²) in [5, 5.41) is 23.7. The summed E-state index contributed by atoms with van der Waals surface area (Å²) in [6, 6.07) is 4.79. The molecule has 0 aliphatic heterocycles. The fourth-order valence-corrected chi connectivity index (χ4v) is 1.85. The van der Waals surface area contributed by atoms with Crippen LogP contribution in [0.1, 0.15) is 31.4 Å². The van der Waals surface area contributed by atoms with Gasteiger partial charge in [0.2, 0.25) is 0 Å². The van der Waals surface area contributed by atoms with Crippen molar-refractivity contribution in [1.82, 2.24) is 5.32 Å². The van der Waals surface area contributed by atoms with Crippen LogP contribution in [0.25, 0.3) is 0 Å². The standard InChI is InChI=1S/C13H20FN3O2/c1-8(6-9(2)18)16-7-10-4-3-5-11(12(10)14)13(15)17-19/h3-5,8-9,16,18-19H,6-7H2,1-2H3,(H2,15,17). The zero-order valence-corrected chi connectivity index (χ0v) is 11.1. The number of aliphatic hydroxyl groups excluding tert-OH is 1.